The van der Waals surface area contributed by atoms with Crippen LogP contribution < -0.4 is 47.7 Å². The number of carbonyl (C=O) groups is 6. The van der Waals surface area contributed by atoms with Crippen molar-refractivity contribution < 1.29 is 43.3 Å². The molecule has 0 aliphatic carbocycles. The van der Waals surface area contributed by atoms with Gasteiger partial charge in [-0.1, -0.05) is 73.7 Å². The number of aliphatic imine (C=N–C) groups is 1. The number of nitrogens with one attached hydrogen (secondary N) is 7. The highest BCUT2D eigenvalue weighted by atomic mass is 16.6. The zero-order chi connectivity index (χ0) is 49.3. The molecule has 7 amide bonds. The molecule has 4 aromatic rings. The maximum absolute atomic E-state index is 14.4. The number of guanidine groups is 1. The fourth-order valence-electron chi connectivity index (χ4n) is 6.56. The van der Waals surface area contributed by atoms with Crippen LogP contribution in [0.2, 0.25) is 0 Å². The first kappa shape index (κ1) is 53.0. The Morgan fingerprint density at radius 2 is 1.37 bits per heavy atom. The van der Waals surface area contributed by atoms with Gasteiger partial charge >= 0.3 is 12.1 Å². The molecule has 0 bridgehead atoms. The van der Waals surface area contributed by atoms with Gasteiger partial charge < -0.3 is 52.2 Å². The van der Waals surface area contributed by atoms with Crippen molar-refractivity contribution in [2.75, 3.05) is 32.8 Å². The summed E-state index contributed by atoms with van der Waals surface area (Å²) in [4.78, 5) is 80.6. The topological polar surface area (TPSA) is 264 Å². The van der Waals surface area contributed by atoms with Crippen LogP contribution in [0.5, 0.6) is 11.5 Å². The number of phenolic OH excluding ortho intramolecular Hbond substituents is 1. The Hall–Kier alpha value is -7.63. The number of nitrogens with two attached hydrogens (primary N) is 1. The van der Waals surface area contributed by atoms with Crippen LogP contribution in [-0.2, 0) is 32.2 Å². The van der Waals surface area contributed by atoms with Gasteiger partial charge in [-0.25, -0.2) is 9.59 Å². The quantitative estimate of drug-likeness (QED) is 0.0262. The fourth-order valence-corrected chi connectivity index (χ4v) is 6.56. The molecular weight excluding hydrogens is 871 g/mol. The lowest BCUT2D eigenvalue weighted by Gasteiger charge is -2.23. The van der Waals surface area contributed by atoms with E-state index in [0.29, 0.717) is 61.3 Å². The fraction of sp³-hybridized carbons (Fsp3) is 0.380. The third kappa shape index (κ3) is 19.9. The molecule has 364 valence electrons. The number of urea groups is 1. The van der Waals surface area contributed by atoms with E-state index in [9.17, 15) is 33.9 Å². The number of hydrogen-bond acceptors (Lipinski definition) is 10. The second-order valence-corrected chi connectivity index (χ2v) is 16.7. The van der Waals surface area contributed by atoms with E-state index in [4.69, 9.17) is 15.2 Å². The third-order valence-corrected chi connectivity index (χ3v) is 10.0. The first-order valence-corrected chi connectivity index (χ1v) is 22.7. The molecule has 1 unspecified atom stereocenters. The Bertz CT molecular complexity index is 2280. The van der Waals surface area contributed by atoms with Gasteiger partial charge in [0.2, 0.25) is 17.7 Å². The lowest BCUT2D eigenvalue weighted by molar-refractivity contribution is -0.129. The summed E-state index contributed by atoms with van der Waals surface area (Å²) in [5, 5.41) is 28.8. The normalized spacial score (nSPS) is 12.1. The number of alkyl carbamates (subject to hydrolysis) is 1. The largest absolute Gasteiger partial charge is 0.508 e. The van der Waals surface area contributed by atoms with Gasteiger partial charge in [-0.05, 0) is 105 Å². The molecule has 0 aromatic heterocycles. The molecule has 18 nitrogen and oxygen atoms in total. The number of benzene rings is 4. The predicted octanol–water partition coefficient (Wildman–Crippen LogP) is 4.86. The molecule has 10 N–H and O–H groups in total. The SMILES string of the molecule is CCC(=O)NCCNC(=O)NC(N)=NCCC[C@@H](NC(=O)C(c1ccccc1)c1cccc(OCCCCNC(=O)c2ccc(CNC(=O)OC(C)(C)C)cc2)c1)C(=O)NCc1ccc(O)cc1. The first-order chi connectivity index (χ1) is 32.6. The predicted molar refractivity (Wildman–Crippen MR) is 259 cm³/mol. The number of aromatic hydroxyl groups is 1. The van der Waals surface area contributed by atoms with Crippen molar-refractivity contribution in [2.45, 2.75) is 90.4 Å². The molecule has 4 rings (SSSR count). The molecule has 2 atom stereocenters. The summed E-state index contributed by atoms with van der Waals surface area (Å²) >= 11 is 0. The molecule has 68 heavy (non-hydrogen) atoms. The summed E-state index contributed by atoms with van der Waals surface area (Å²) in [7, 11) is 0. The lowest BCUT2D eigenvalue weighted by Crippen LogP contribution is -2.48. The molecule has 0 aliphatic rings. The second kappa shape index (κ2) is 27.8. The van der Waals surface area contributed by atoms with Crippen LogP contribution in [-0.4, -0.2) is 91.2 Å². The molecule has 0 saturated heterocycles. The summed E-state index contributed by atoms with van der Waals surface area (Å²) in [6, 6.07) is 28.2. The molecule has 0 saturated carbocycles. The van der Waals surface area contributed by atoms with Gasteiger partial charge in [-0.15, -0.1) is 0 Å². The van der Waals surface area contributed by atoms with E-state index in [1.165, 1.54) is 12.1 Å². The van der Waals surface area contributed by atoms with Crippen LogP contribution in [0, 0.1) is 0 Å². The number of nitrogens with zero attached hydrogens (tertiary/aromatic N) is 1. The molecule has 0 heterocycles. The maximum Gasteiger partial charge on any atom is 0.407 e. The van der Waals surface area contributed by atoms with Crippen LogP contribution in [0.1, 0.15) is 98.3 Å². The van der Waals surface area contributed by atoms with Crippen molar-refractivity contribution in [2.24, 2.45) is 10.7 Å². The van der Waals surface area contributed by atoms with Gasteiger partial charge in [0.25, 0.3) is 5.91 Å². The van der Waals surface area contributed by atoms with Crippen molar-refractivity contribution >= 4 is 41.7 Å². The minimum atomic E-state index is -0.982. The Balaban J connectivity index is 1.33. The van der Waals surface area contributed by atoms with E-state index in [0.717, 1.165) is 11.1 Å². The molecule has 4 aromatic carbocycles. The van der Waals surface area contributed by atoms with E-state index >= 15 is 0 Å². The Kier molecular flexibility index (Phi) is 21.6. The maximum atomic E-state index is 14.4. The van der Waals surface area contributed by atoms with Crippen LogP contribution >= 0.6 is 0 Å². The van der Waals surface area contributed by atoms with E-state index in [1.807, 2.05) is 36.4 Å². The number of phenols is 1. The monoisotopic (exact) mass is 935 g/mol. The highest BCUT2D eigenvalue weighted by Gasteiger charge is 2.28. The number of amides is 7. The van der Waals surface area contributed by atoms with Crippen molar-refractivity contribution in [1.29, 1.82) is 0 Å². The second-order valence-electron chi connectivity index (χ2n) is 16.7. The number of unbranched alkanes of at least 4 members (excludes halogenated alkanes) is 1. The standard InChI is InChI=1S/C50H65N9O9/c1-5-42(61)52-28-29-55-48(65)59-47(51)54-27-12-17-41(45(63)56-32-35-20-24-39(60)25-21-35)58-46(64)43(36-13-7-6-8-14-36)38-15-11-16-40(31-38)67-30-10-9-26-53-44(62)37-22-18-34(19-23-37)33-57-49(66)68-50(2,3)4/h6-8,11,13-16,18-25,31,41,43,60H,5,9-10,12,17,26-30,32-33H2,1-4H3,(H,52,61)(H,53,62)(H,56,63)(H,57,66)(H,58,64)(H4,51,54,55,59,65)/t41-,43?/m1/s1. The lowest BCUT2D eigenvalue weighted by atomic mass is 9.90. The molecule has 0 fully saturated rings. The number of ether oxygens (including phenoxy) is 2. The molecule has 0 radical (unpaired) electrons. The average Bonchev–Trinajstić information content (AvgIpc) is 3.31. The van der Waals surface area contributed by atoms with E-state index in [-0.39, 0.29) is 62.7 Å². The highest BCUT2D eigenvalue weighted by Crippen LogP contribution is 2.28. The van der Waals surface area contributed by atoms with E-state index < -0.39 is 41.5 Å². The van der Waals surface area contributed by atoms with Gasteiger partial charge in [-0.3, -0.25) is 29.5 Å². The average molecular weight is 936 g/mol. The van der Waals surface area contributed by atoms with Crippen LogP contribution in [0.4, 0.5) is 9.59 Å². The highest BCUT2D eigenvalue weighted by molar-refractivity contribution is 5.95. The van der Waals surface area contributed by atoms with Gasteiger partial charge in [-0.2, -0.15) is 0 Å². The summed E-state index contributed by atoms with van der Waals surface area (Å²) in [6.07, 6.45) is 1.61. The van der Waals surface area contributed by atoms with Crippen LogP contribution in [0.15, 0.2) is 108 Å². The van der Waals surface area contributed by atoms with Gasteiger partial charge in [0.1, 0.15) is 23.1 Å². The number of carbonyl (C=O) groups excluding carboxylic acids is 6. The zero-order valence-corrected chi connectivity index (χ0v) is 39.2. The van der Waals surface area contributed by atoms with Crippen molar-refractivity contribution in [3.05, 3.63) is 131 Å². The molecule has 0 spiro atoms. The van der Waals surface area contributed by atoms with Crippen molar-refractivity contribution in [3.8, 4) is 11.5 Å². The third-order valence-electron chi connectivity index (χ3n) is 10.0. The minimum Gasteiger partial charge on any atom is -0.508 e. The van der Waals surface area contributed by atoms with Crippen LogP contribution in [0.3, 0.4) is 0 Å². The minimum absolute atomic E-state index is 0.0909. The van der Waals surface area contributed by atoms with Gasteiger partial charge in [0.05, 0.1) is 12.5 Å². The Morgan fingerprint density at radius 3 is 2.06 bits per heavy atom. The number of hydrogen-bond donors (Lipinski definition) is 9. The van der Waals surface area contributed by atoms with Crippen LogP contribution in [0.25, 0.3) is 0 Å². The zero-order valence-electron chi connectivity index (χ0n) is 39.2. The summed E-state index contributed by atoms with van der Waals surface area (Å²) in [6.45, 7) is 8.89. The molecular formula is C50H65N9O9. The Morgan fingerprint density at radius 1 is 0.706 bits per heavy atom. The van der Waals surface area contributed by atoms with E-state index in [1.54, 1.807) is 82.3 Å². The van der Waals surface area contributed by atoms with Crippen molar-refractivity contribution in [1.82, 2.24) is 37.2 Å². The number of rotatable bonds is 24. The summed E-state index contributed by atoms with van der Waals surface area (Å²) < 4.78 is 11.4. The molecule has 18 heteroatoms. The van der Waals surface area contributed by atoms with Crippen molar-refractivity contribution in [3.63, 3.8) is 0 Å². The summed E-state index contributed by atoms with van der Waals surface area (Å²) in [5.74, 6) is -1.51. The van der Waals surface area contributed by atoms with Gasteiger partial charge in [0, 0.05) is 51.3 Å². The summed E-state index contributed by atoms with van der Waals surface area (Å²) in [5.41, 5.74) is 8.73. The molecule has 0 aliphatic heterocycles. The van der Waals surface area contributed by atoms with Gasteiger partial charge in [0.15, 0.2) is 5.96 Å². The smallest absolute Gasteiger partial charge is 0.407 e. The Labute approximate surface area is 397 Å². The first-order valence-electron chi connectivity index (χ1n) is 22.7. The van der Waals surface area contributed by atoms with E-state index in [2.05, 4.69) is 42.2 Å².